The topological polar surface area (TPSA) is 66.0 Å². The van der Waals surface area contributed by atoms with Gasteiger partial charge in [-0.2, -0.15) is 0 Å². The van der Waals surface area contributed by atoms with Gasteiger partial charge >= 0.3 is 0 Å². The van der Waals surface area contributed by atoms with E-state index in [0.717, 1.165) is 23.5 Å². The number of ether oxygens (including phenoxy) is 4. The van der Waals surface area contributed by atoms with E-state index in [9.17, 15) is 4.79 Å². The van der Waals surface area contributed by atoms with E-state index in [1.165, 1.54) is 0 Å². The minimum atomic E-state index is -0.192. The molecule has 2 aromatic rings. The summed E-state index contributed by atoms with van der Waals surface area (Å²) in [5.74, 6) is 2.66. The van der Waals surface area contributed by atoms with Crippen molar-refractivity contribution < 1.29 is 23.7 Å². The van der Waals surface area contributed by atoms with Gasteiger partial charge in [-0.25, -0.2) is 0 Å². The number of para-hydroxylation sites is 2. The molecule has 0 spiro atoms. The summed E-state index contributed by atoms with van der Waals surface area (Å²) in [4.78, 5) is 12.6. The van der Waals surface area contributed by atoms with E-state index in [4.69, 9.17) is 18.9 Å². The highest BCUT2D eigenvalue weighted by molar-refractivity contribution is 5.78. The maximum absolute atomic E-state index is 12.6. The lowest BCUT2D eigenvalue weighted by Gasteiger charge is -2.24. The van der Waals surface area contributed by atoms with Crippen molar-refractivity contribution in [2.45, 2.75) is 33.2 Å². The zero-order chi connectivity index (χ0) is 20.6. The van der Waals surface area contributed by atoms with Crippen LogP contribution in [0, 0.1) is 5.92 Å². The van der Waals surface area contributed by atoms with Crippen LogP contribution in [0.25, 0.3) is 0 Å². The fraction of sp³-hybridized carbons (Fsp3) is 0.435. The lowest BCUT2D eigenvalue weighted by molar-refractivity contribution is -0.124. The van der Waals surface area contributed by atoms with Crippen LogP contribution in [0.2, 0.25) is 0 Å². The second kappa shape index (κ2) is 10.0. The average Bonchev–Trinajstić information content (AvgIpc) is 2.96. The smallest absolute Gasteiger partial charge is 0.258 e. The first-order chi connectivity index (χ1) is 14.1. The van der Waals surface area contributed by atoms with E-state index in [-0.39, 0.29) is 24.5 Å². The summed E-state index contributed by atoms with van der Waals surface area (Å²) in [6.45, 7) is 7.77. The van der Waals surface area contributed by atoms with Gasteiger partial charge in [0.25, 0.3) is 5.91 Å². The molecule has 1 atom stereocenters. The SMILES string of the molecule is CCOc1ccccc1OCC(=O)N[C@H](c1ccc2c(c1)OCCCO2)C(C)C. The highest BCUT2D eigenvalue weighted by Crippen LogP contribution is 2.34. The van der Waals surface area contributed by atoms with E-state index >= 15 is 0 Å². The molecule has 1 aliphatic rings. The van der Waals surface area contributed by atoms with Crippen LogP contribution >= 0.6 is 0 Å². The maximum Gasteiger partial charge on any atom is 0.258 e. The van der Waals surface area contributed by atoms with Crippen molar-refractivity contribution in [3.05, 3.63) is 48.0 Å². The van der Waals surface area contributed by atoms with Crippen molar-refractivity contribution in [3.8, 4) is 23.0 Å². The van der Waals surface area contributed by atoms with Crippen LogP contribution in [0.4, 0.5) is 0 Å². The standard InChI is InChI=1S/C23H29NO5/c1-4-26-18-8-5-6-9-19(18)29-15-22(25)24-23(16(2)3)17-10-11-20-21(14-17)28-13-7-12-27-20/h5-6,8-11,14,16,23H,4,7,12-13,15H2,1-3H3,(H,24,25)/t23-/m0/s1. The second-order valence-corrected chi connectivity index (χ2v) is 7.21. The Morgan fingerprint density at radius 3 is 2.41 bits per heavy atom. The lowest BCUT2D eigenvalue weighted by Crippen LogP contribution is -2.35. The largest absolute Gasteiger partial charge is 0.490 e. The Labute approximate surface area is 172 Å². The summed E-state index contributed by atoms with van der Waals surface area (Å²) >= 11 is 0. The molecule has 6 nitrogen and oxygen atoms in total. The summed E-state index contributed by atoms with van der Waals surface area (Å²) in [7, 11) is 0. The Balaban J connectivity index is 1.66. The molecule has 0 aliphatic carbocycles. The predicted molar refractivity (Wildman–Crippen MR) is 111 cm³/mol. The monoisotopic (exact) mass is 399 g/mol. The van der Waals surface area contributed by atoms with Gasteiger partial charge in [0.1, 0.15) is 0 Å². The molecule has 3 rings (SSSR count). The molecular weight excluding hydrogens is 370 g/mol. The van der Waals surface area contributed by atoms with Gasteiger partial charge in [0, 0.05) is 6.42 Å². The normalized spacial score (nSPS) is 14.1. The van der Waals surface area contributed by atoms with E-state index in [1.807, 2.05) is 43.3 Å². The molecule has 1 amide bonds. The molecule has 2 aromatic carbocycles. The minimum Gasteiger partial charge on any atom is -0.490 e. The Kier molecular flexibility index (Phi) is 7.22. The summed E-state index contributed by atoms with van der Waals surface area (Å²) in [5, 5.41) is 3.08. The summed E-state index contributed by atoms with van der Waals surface area (Å²) < 4.78 is 22.7. The van der Waals surface area contributed by atoms with Gasteiger partial charge in [-0.1, -0.05) is 32.0 Å². The first-order valence-corrected chi connectivity index (χ1v) is 10.1. The van der Waals surface area contributed by atoms with E-state index < -0.39 is 0 Å². The van der Waals surface area contributed by atoms with Crippen molar-refractivity contribution in [1.82, 2.24) is 5.32 Å². The molecule has 0 aromatic heterocycles. The van der Waals surface area contributed by atoms with Crippen LogP contribution in [0.1, 0.15) is 38.8 Å². The van der Waals surface area contributed by atoms with Gasteiger partial charge < -0.3 is 24.3 Å². The first-order valence-electron chi connectivity index (χ1n) is 10.1. The highest BCUT2D eigenvalue weighted by atomic mass is 16.5. The number of hydrogen-bond donors (Lipinski definition) is 1. The summed E-state index contributed by atoms with van der Waals surface area (Å²) in [5.41, 5.74) is 0.979. The zero-order valence-corrected chi connectivity index (χ0v) is 17.3. The number of rotatable bonds is 8. The van der Waals surface area contributed by atoms with Gasteiger partial charge in [-0.05, 0) is 42.7 Å². The third-order valence-corrected chi connectivity index (χ3v) is 4.62. The minimum absolute atomic E-state index is 0.0855. The quantitative estimate of drug-likeness (QED) is 0.723. The maximum atomic E-state index is 12.6. The average molecular weight is 399 g/mol. The zero-order valence-electron chi connectivity index (χ0n) is 17.3. The number of nitrogens with one attached hydrogen (secondary N) is 1. The Hall–Kier alpha value is -2.89. The third kappa shape index (κ3) is 5.56. The number of amides is 1. The van der Waals surface area contributed by atoms with Gasteiger partial charge in [-0.15, -0.1) is 0 Å². The second-order valence-electron chi connectivity index (χ2n) is 7.21. The van der Waals surface area contributed by atoms with Gasteiger partial charge in [0.2, 0.25) is 0 Å². The molecule has 1 heterocycles. The van der Waals surface area contributed by atoms with Crippen LogP contribution in [0.3, 0.4) is 0 Å². The fourth-order valence-electron chi connectivity index (χ4n) is 3.21. The fourth-order valence-corrected chi connectivity index (χ4v) is 3.21. The highest BCUT2D eigenvalue weighted by Gasteiger charge is 2.21. The molecule has 0 saturated carbocycles. The molecule has 0 radical (unpaired) electrons. The van der Waals surface area contributed by atoms with Crippen molar-refractivity contribution in [2.75, 3.05) is 26.4 Å². The Bertz CT molecular complexity index is 821. The molecule has 29 heavy (non-hydrogen) atoms. The van der Waals surface area contributed by atoms with Crippen LogP contribution in [-0.4, -0.2) is 32.3 Å². The number of hydrogen-bond acceptors (Lipinski definition) is 5. The van der Waals surface area contributed by atoms with Crippen LogP contribution < -0.4 is 24.3 Å². The lowest BCUT2D eigenvalue weighted by atomic mass is 9.95. The molecule has 0 unspecified atom stereocenters. The number of carbonyl (C=O) groups excluding carboxylic acids is 1. The van der Waals surface area contributed by atoms with E-state index in [2.05, 4.69) is 19.2 Å². The molecule has 6 heteroatoms. The Morgan fingerprint density at radius 2 is 1.72 bits per heavy atom. The van der Waals surface area contributed by atoms with Crippen molar-refractivity contribution in [2.24, 2.45) is 5.92 Å². The number of carbonyl (C=O) groups is 1. The molecule has 156 valence electrons. The van der Waals surface area contributed by atoms with E-state index in [0.29, 0.717) is 31.3 Å². The van der Waals surface area contributed by atoms with Crippen molar-refractivity contribution >= 4 is 5.91 Å². The summed E-state index contributed by atoms with van der Waals surface area (Å²) in [6, 6.07) is 13.0. The molecule has 0 bridgehead atoms. The third-order valence-electron chi connectivity index (χ3n) is 4.62. The molecule has 1 N–H and O–H groups in total. The van der Waals surface area contributed by atoms with Crippen molar-refractivity contribution in [1.29, 1.82) is 0 Å². The van der Waals surface area contributed by atoms with E-state index in [1.54, 1.807) is 6.07 Å². The van der Waals surface area contributed by atoms with Crippen LogP contribution in [-0.2, 0) is 4.79 Å². The molecule has 1 aliphatic heterocycles. The van der Waals surface area contributed by atoms with Crippen LogP contribution in [0.15, 0.2) is 42.5 Å². The van der Waals surface area contributed by atoms with Gasteiger partial charge in [0.15, 0.2) is 29.6 Å². The van der Waals surface area contributed by atoms with Gasteiger partial charge in [-0.3, -0.25) is 4.79 Å². The molecule has 0 saturated heterocycles. The predicted octanol–water partition coefficient (Wildman–Crippen LogP) is 4.14. The van der Waals surface area contributed by atoms with Gasteiger partial charge in [0.05, 0.1) is 25.9 Å². The van der Waals surface area contributed by atoms with Crippen LogP contribution in [0.5, 0.6) is 23.0 Å². The molecule has 0 fully saturated rings. The first kappa shape index (κ1) is 20.8. The molecular formula is C23H29NO5. The number of benzene rings is 2. The Morgan fingerprint density at radius 1 is 1.03 bits per heavy atom. The van der Waals surface area contributed by atoms with Crippen molar-refractivity contribution in [3.63, 3.8) is 0 Å². The number of fused-ring (bicyclic) bond motifs is 1. The summed E-state index contributed by atoms with van der Waals surface area (Å²) in [6.07, 6.45) is 0.856.